The van der Waals surface area contributed by atoms with Crippen molar-refractivity contribution in [2.24, 2.45) is 0 Å². The molecule has 0 spiro atoms. The Morgan fingerprint density at radius 3 is 0.609 bits per heavy atom. The third-order valence-corrected chi connectivity index (χ3v) is 18.8. The third-order valence-electron chi connectivity index (χ3n) is 18.8. The van der Waals surface area contributed by atoms with Crippen LogP contribution >= 0.6 is 0 Å². The molecule has 0 heterocycles. The summed E-state index contributed by atoms with van der Waals surface area (Å²) in [6.45, 7) is 0. The Kier molecular flexibility index (Phi) is 13.7. The van der Waals surface area contributed by atoms with E-state index in [-0.39, 0.29) is 0 Å². The van der Waals surface area contributed by atoms with Crippen LogP contribution in [0.25, 0.3) is 175 Å². The molecule has 0 N–H and O–H groups in total. The van der Waals surface area contributed by atoms with Gasteiger partial charge < -0.3 is 0 Å². The SMILES string of the molecule is c1ccc(-c2c3ccccc3c(-c3ccc4cc(-c5ccc6ccccc6c5)ccc4c3)c3ccccc23)cc1.c1ccc(-c2cc(-c3ccc4ccccc4c3)cc(-c3ccc4cc(-c5c6ccccc6c(-c6ccccc6)c6ccccc56)ccc4c3)c2)cc1. The zero-order chi connectivity index (χ0) is 60.9. The van der Waals surface area contributed by atoms with Crippen LogP contribution in [0.3, 0.4) is 0 Å². The molecule has 18 rings (SSSR count). The maximum absolute atomic E-state index is 2.37. The summed E-state index contributed by atoms with van der Waals surface area (Å²) in [5.41, 5.74) is 19.9. The van der Waals surface area contributed by atoms with Gasteiger partial charge >= 0.3 is 0 Å². The molecule has 428 valence electrons. The number of fused-ring (bicyclic) bond motifs is 8. The Balaban J connectivity index is 0.000000146. The number of hydrogen-bond donors (Lipinski definition) is 0. The topological polar surface area (TPSA) is 0 Å². The summed E-state index contributed by atoms with van der Waals surface area (Å²) in [5, 5.41) is 20.3. The largest absolute Gasteiger partial charge is 0.0622 e. The highest BCUT2D eigenvalue weighted by Gasteiger charge is 2.20. The summed E-state index contributed by atoms with van der Waals surface area (Å²) in [7, 11) is 0. The molecule has 18 aromatic rings. The number of hydrogen-bond acceptors (Lipinski definition) is 0. The van der Waals surface area contributed by atoms with Gasteiger partial charge in [0.25, 0.3) is 0 Å². The monoisotopic (exact) mass is 1160 g/mol. The minimum atomic E-state index is 1.21. The van der Waals surface area contributed by atoms with Crippen LogP contribution in [0.4, 0.5) is 0 Å². The van der Waals surface area contributed by atoms with Crippen molar-refractivity contribution in [2.45, 2.75) is 0 Å². The molecule has 0 aliphatic rings. The molecule has 0 heteroatoms. The fourth-order valence-corrected chi connectivity index (χ4v) is 14.4. The summed E-state index contributed by atoms with van der Waals surface area (Å²) < 4.78 is 0. The van der Waals surface area contributed by atoms with Crippen LogP contribution < -0.4 is 0 Å². The van der Waals surface area contributed by atoms with Crippen LogP contribution in [-0.4, -0.2) is 0 Å². The summed E-state index contributed by atoms with van der Waals surface area (Å²) in [6.07, 6.45) is 0. The minimum Gasteiger partial charge on any atom is -0.0622 e. The second kappa shape index (κ2) is 23.2. The molecule has 92 heavy (non-hydrogen) atoms. The van der Waals surface area contributed by atoms with Gasteiger partial charge in [-0.05, 0) is 230 Å². The van der Waals surface area contributed by atoms with Crippen molar-refractivity contribution in [3.05, 3.63) is 364 Å². The normalized spacial score (nSPS) is 11.5. The standard InChI is InChI=1S/C52H34.C40H26/c1-3-13-35(14-4-1)44-32-45(41-24-23-36-15-7-8-18-38(36)29-41)34-46(33-44)42-26-25-40-31-43(28-27-39(40)30-42)52-49-21-11-9-19-47(49)51(37-16-5-2-6-17-37)48-20-10-12-22-50(48)52;1-2-11-28(12-3-1)39-35-14-6-8-16-37(35)40(38-17-9-7-15-36(38)39)34-23-22-32-25-31(20-21-33(32)26-34)30-19-18-27-10-4-5-13-29(27)24-30/h1-34H;1-26H. The van der Waals surface area contributed by atoms with Crippen LogP contribution in [0.5, 0.6) is 0 Å². The Hall–Kier alpha value is -12.0. The third kappa shape index (κ3) is 9.92. The van der Waals surface area contributed by atoms with Gasteiger partial charge in [-0.3, -0.25) is 0 Å². The van der Waals surface area contributed by atoms with E-state index in [1.807, 2.05) is 0 Å². The molecule has 0 fully saturated rings. The molecule has 0 unspecified atom stereocenters. The van der Waals surface area contributed by atoms with E-state index in [1.54, 1.807) is 0 Å². The molecular formula is C92H60. The fourth-order valence-electron chi connectivity index (χ4n) is 14.4. The van der Waals surface area contributed by atoms with Crippen LogP contribution in [0.2, 0.25) is 0 Å². The van der Waals surface area contributed by atoms with Gasteiger partial charge in [0.1, 0.15) is 0 Å². The zero-order valence-corrected chi connectivity index (χ0v) is 50.6. The van der Waals surface area contributed by atoms with E-state index in [9.17, 15) is 0 Å². The molecule has 0 radical (unpaired) electrons. The molecule has 0 bridgehead atoms. The van der Waals surface area contributed by atoms with E-state index in [2.05, 4.69) is 364 Å². The predicted molar refractivity (Wildman–Crippen MR) is 396 cm³/mol. The lowest BCUT2D eigenvalue weighted by Gasteiger charge is -2.18. The zero-order valence-electron chi connectivity index (χ0n) is 50.6. The van der Waals surface area contributed by atoms with Gasteiger partial charge in [-0.1, -0.05) is 309 Å². The molecule has 0 aliphatic heterocycles. The first-order chi connectivity index (χ1) is 45.6. The van der Waals surface area contributed by atoms with Gasteiger partial charge in [-0.15, -0.1) is 0 Å². The molecule has 0 nitrogen and oxygen atoms in total. The molecule has 0 atom stereocenters. The van der Waals surface area contributed by atoms with Crippen molar-refractivity contribution >= 4 is 86.2 Å². The lowest BCUT2D eigenvalue weighted by atomic mass is 9.85. The lowest BCUT2D eigenvalue weighted by molar-refractivity contribution is 1.58. The Bertz CT molecular complexity index is 5750. The van der Waals surface area contributed by atoms with Gasteiger partial charge in [0, 0.05) is 0 Å². The summed E-state index contributed by atoms with van der Waals surface area (Å²) in [6, 6.07) is 133. The first-order valence-corrected chi connectivity index (χ1v) is 31.9. The number of benzene rings is 18. The van der Waals surface area contributed by atoms with Gasteiger partial charge in [-0.25, -0.2) is 0 Å². The van der Waals surface area contributed by atoms with Crippen molar-refractivity contribution < 1.29 is 0 Å². The van der Waals surface area contributed by atoms with Gasteiger partial charge in [-0.2, -0.15) is 0 Å². The molecule has 18 aromatic carbocycles. The van der Waals surface area contributed by atoms with Crippen molar-refractivity contribution in [1.29, 1.82) is 0 Å². The fraction of sp³-hybridized carbons (Fsp3) is 0. The van der Waals surface area contributed by atoms with E-state index in [1.165, 1.54) is 175 Å². The quantitative estimate of drug-likeness (QED) is 0.133. The highest BCUT2D eigenvalue weighted by Crippen LogP contribution is 2.47. The molecule has 0 saturated heterocycles. The second-order valence-corrected chi connectivity index (χ2v) is 24.3. The minimum absolute atomic E-state index is 1.21. The van der Waals surface area contributed by atoms with Gasteiger partial charge in [0.15, 0.2) is 0 Å². The highest BCUT2D eigenvalue weighted by molar-refractivity contribution is 6.23. The summed E-state index contributed by atoms with van der Waals surface area (Å²) >= 11 is 0. The average Bonchev–Trinajstić information content (AvgIpc) is 0.747. The van der Waals surface area contributed by atoms with E-state index >= 15 is 0 Å². The van der Waals surface area contributed by atoms with E-state index in [4.69, 9.17) is 0 Å². The average molecular weight is 1170 g/mol. The van der Waals surface area contributed by atoms with Crippen LogP contribution in [0.15, 0.2) is 364 Å². The van der Waals surface area contributed by atoms with E-state index < -0.39 is 0 Å². The van der Waals surface area contributed by atoms with Crippen molar-refractivity contribution in [3.8, 4) is 89.0 Å². The van der Waals surface area contributed by atoms with E-state index in [0.717, 1.165) is 0 Å². The lowest BCUT2D eigenvalue weighted by Crippen LogP contribution is -1.91. The maximum atomic E-state index is 2.37. The molecule has 0 aliphatic carbocycles. The Labute approximate surface area is 535 Å². The second-order valence-electron chi connectivity index (χ2n) is 24.3. The van der Waals surface area contributed by atoms with Crippen molar-refractivity contribution in [2.75, 3.05) is 0 Å². The van der Waals surface area contributed by atoms with Crippen LogP contribution in [0.1, 0.15) is 0 Å². The van der Waals surface area contributed by atoms with Gasteiger partial charge in [0.05, 0.1) is 0 Å². The van der Waals surface area contributed by atoms with Crippen molar-refractivity contribution in [1.82, 2.24) is 0 Å². The highest BCUT2D eigenvalue weighted by atomic mass is 14.2. The van der Waals surface area contributed by atoms with Gasteiger partial charge in [0.2, 0.25) is 0 Å². The number of rotatable bonds is 8. The predicted octanol–water partition coefficient (Wildman–Crippen LogP) is 25.9. The molecule has 0 saturated carbocycles. The first kappa shape index (κ1) is 54.2. The van der Waals surface area contributed by atoms with Crippen molar-refractivity contribution in [3.63, 3.8) is 0 Å². The first-order valence-electron chi connectivity index (χ1n) is 31.9. The maximum Gasteiger partial charge on any atom is -0.00262 e. The molecule has 0 amide bonds. The molecule has 0 aromatic heterocycles. The summed E-state index contributed by atoms with van der Waals surface area (Å²) in [4.78, 5) is 0. The van der Waals surface area contributed by atoms with E-state index in [0.29, 0.717) is 0 Å². The summed E-state index contributed by atoms with van der Waals surface area (Å²) in [5.74, 6) is 0. The Morgan fingerprint density at radius 1 is 0.0978 bits per heavy atom. The van der Waals surface area contributed by atoms with Crippen LogP contribution in [0, 0.1) is 0 Å². The van der Waals surface area contributed by atoms with Crippen LogP contribution in [-0.2, 0) is 0 Å². The molecular weight excluding hydrogens is 1110 g/mol. The smallest absolute Gasteiger partial charge is 0.00262 e. The Morgan fingerprint density at radius 2 is 0.293 bits per heavy atom.